The first kappa shape index (κ1) is 18.0. The SMILES string of the molecule is CCCOc1cc(/C=C2/N=C(c3ccc(Cl)cc3)OC2=O)ccc1OC. The van der Waals surface area contributed by atoms with Gasteiger partial charge < -0.3 is 14.2 Å². The summed E-state index contributed by atoms with van der Waals surface area (Å²) in [6.45, 7) is 2.61. The molecule has 0 aliphatic carbocycles. The Labute approximate surface area is 156 Å². The lowest BCUT2D eigenvalue weighted by Gasteiger charge is -2.10. The highest BCUT2D eigenvalue weighted by atomic mass is 35.5. The van der Waals surface area contributed by atoms with Crippen molar-refractivity contribution in [2.75, 3.05) is 13.7 Å². The molecular formula is C20H18ClNO4. The highest BCUT2D eigenvalue weighted by Gasteiger charge is 2.24. The van der Waals surface area contributed by atoms with Crippen molar-refractivity contribution in [1.82, 2.24) is 0 Å². The molecule has 0 N–H and O–H groups in total. The molecule has 1 aliphatic heterocycles. The first-order valence-corrected chi connectivity index (χ1v) is 8.58. The van der Waals surface area contributed by atoms with Gasteiger partial charge in [0.25, 0.3) is 0 Å². The van der Waals surface area contributed by atoms with Gasteiger partial charge in [0, 0.05) is 10.6 Å². The van der Waals surface area contributed by atoms with Crippen LogP contribution in [-0.4, -0.2) is 25.6 Å². The predicted molar refractivity (Wildman–Crippen MR) is 101 cm³/mol. The number of halogens is 1. The van der Waals surface area contributed by atoms with Crippen LogP contribution in [0.1, 0.15) is 24.5 Å². The molecule has 3 rings (SSSR count). The van der Waals surface area contributed by atoms with Crippen molar-refractivity contribution in [3.8, 4) is 11.5 Å². The first-order chi connectivity index (χ1) is 12.6. The molecule has 1 aliphatic rings. The van der Waals surface area contributed by atoms with E-state index in [0.717, 1.165) is 12.0 Å². The van der Waals surface area contributed by atoms with E-state index in [4.69, 9.17) is 25.8 Å². The van der Waals surface area contributed by atoms with Gasteiger partial charge in [0.05, 0.1) is 13.7 Å². The molecule has 1 heterocycles. The van der Waals surface area contributed by atoms with Gasteiger partial charge in [-0.2, -0.15) is 0 Å². The Morgan fingerprint density at radius 2 is 1.92 bits per heavy atom. The van der Waals surface area contributed by atoms with Crippen molar-refractivity contribution in [1.29, 1.82) is 0 Å². The largest absolute Gasteiger partial charge is 0.493 e. The minimum atomic E-state index is -0.498. The van der Waals surface area contributed by atoms with Gasteiger partial charge in [0.15, 0.2) is 17.2 Å². The zero-order valence-electron chi connectivity index (χ0n) is 14.5. The fourth-order valence-corrected chi connectivity index (χ4v) is 2.52. The fraction of sp³-hybridized carbons (Fsp3) is 0.200. The van der Waals surface area contributed by atoms with Crippen molar-refractivity contribution in [2.45, 2.75) is 13.3 Å². The minimum Gasteiger partial charge on any atom is -0.493 e. The molecule has 2 aromatic carbocycles. The van der Waals surface area contributed by atoms with Crippen LogP contribution in [0.3, 0.4) is 0 Å². The number of nitrogens with zero attached hydrogens (tertiary/aromatic N) is 1. The molecule has 0 spiro atoms. The number of hydrogen-bond acceptors (Lipinski definition) is 5. The third-order valence-corrected chi connectivity index (χ3v) is 3.92. The highest BCUT2D eigenvalue weighted by molar-refractivity contribution is 6.30. The Morgan fingerprint density at radius 3 is 2.62 bits per heavy atom. The number of methoxy groups -OCH3 is 1. The van der Waals surface area contributed by atoms with Crippen LogP contribution in [0.5, 0.6) is 11.5 Å². The van der Waals surface area contributed by atoms with Crippen molar-refractivity contribution < 1.29 is 19.0 Å². The molecule has 0 bridgehead atoms. The number of rotatable bonds is 6. The summed E-state index contributed by atoms with van der Waals surface area (Å²) in [6.07, 6.45) is 2.54. The summed E-state index contributed by atoms with van der Waals surface area (Å²) in [6, 6.07) is 12.4. The van der Waals surface area contributed by atoms with E-state index >= 15 is 0 Å². The van der Waals surface area contributed by atoms with Gasteiger partial charge in [0.1, 0.15) is 0 Å². The minimum absolute atomic E-state index is 0.224. The molecule has 0 saturated heterocycles. The van der Waals surface area contributed by atoms with Crippen molar-refractivity contribution in [3.05, 3.63) is 64.3 Å². The van der Waals surface area contributed by atoms with Crippen LogP contribution < -0.4 is 9.47 Å². The maximum Gasteiger partial charge on any atom is 0.363 e. The lowest BCUT2D eigenvalue weighted by atomic mass is 10.1. The molecule has 0 atom stereocenters. The molecule has 0 aromatic heterocycles. The number of carbonyl (C=O) groups is 1. The van der Waals surface area contributed by atoms with Crippen molar-refractivity contribution in [3.63, 3.8) is 0 Å². The number of esters is 1. The Balaban J connectivity index is 1.89. The standard InChI is InChI=1S/C20H18ClNO4/c1-3-10-25-18-12-13(4-9-17(18)24-2)11-16-20(23)26-19(22-16)14-5-7-15(21)8-6-14/h4-9,11-12H,3,10H2,1-2H3/b16-11+. The van der Waals surface area contributed by atoms with Crippen LogP contribution in [0.2, 0.25) is 5.02 Å². The molecule has 6 heteroatoms. The topological polar surface area (TPSA) is 57.1 Å². The quantitative estimate of drug-likeness (QED) is 0.555. The van der Waals surface area contributed by atoms with Crippen LogP contribution in [0, 0.1) is 0 Å². The fourth-order valence-electron chi connectivity index (χ4n) is 2.39. The van der Waals surface area contributed by atoms with E-state index in [0.29, 0.717) is 28.7 Å². The summed E-state index contributed by atoms with van der Waals surface area (Å²) < 4.78 is 16.2. The third-order valence-electron chi connectivity index (χ3n) is 3.66. The van der Waals surface area contributed by atoms with Crippen molar-refractivity contribution >= 4 is 29.5 Å². The maximum absolute atomic E-state index is 12.1. The molecule has 0 amide bonds. The Bertz CT molecular complexity index is 872. The van der Waals surface area contributed by atoms with E-state index in [1.165, 1.54) is 0 Å². The van der Waals surface area contributed by atoms with Crippen LogP contribution in [0.4, 0.5) is 0 Å². The predicted octanol–water partition coefficient (Wildman–Crippen LogP) is 4.48. The molecule has 26 heavy (non-hydrogen) atoms. The Hall–Kier alpha value is -2.79. The van der Waals surface area contributed by atoms with E-state index in [1.54, 1.807) is 43.5 Å². The Morgan fingerprint density at radius 1 is 1.15 bits per heavy atom. The van der Waals surface area contributed by atoms with Crippen LogP contribution in [0.25, 0.3) is 6.08 Å². The average molecular weight is 372 g/mol. The van der Waals surface area contributed by atoms with Gasteiger partial charge in [0.2, 0.25) is 5.90 Å². The number of ether oxygens (including phenoxy) is 3. The van der Waals surface area contributed by atoms with Crippen LogP contribution in [-0.2, 0) is 9.53 Å². The van der Waals surface area contributed by atoms with E-state index in [2.05, 4.69) is 4.99 Å². The molecule has 2 aromatic rings. The van der Waals surface area contributed by atoms with Gasteiger partial charge in [-0.25, -0.2) is 9.79 Å². The summed E-state index contributed by atoms with van der Waals surface area (Å²) in [7, 11) is 1.59. The van der Waals surface area contributed by atoms with Crippen LogP contribution in [0.15, 0.2) is 53.2 Å². The molecular weight excluding hydrogens is 354 g/mol. The first-order valence-electron chi connectivity index (χ1n) is 8.20. The van der Waals surface area contributed by atoms with E-state index in [-0.39, 0.29) is 11.6 Å². The summed E-state index contributed by atoms with van der Waals surface area (Å²) >= 11 is 5.88. The molecule has 5 nitrogen and oxygen atoms in total. The van der Waals surface area contributed by atoms with Gasteiger partial charge in [-0.3, -0.25) is 0 Å². The van der Waals surface area contributed by atoms with Gasteiger partial charge in [-0.05, 0) is 54.5 Å². The average Bonchev–Trinajstić information content (AvgIpc) is 3.01. The van der Waals surface area contributed by atoms with E-state index < -0.39 is 5.97 Å². The Kier molecular flexibility index (Phi) is 5.58. The van der Waals surface area contributed by atoms with E-state index in [1.807, 2.05) is 19.1 Å². The number of hydrogen-bond donors (Lipinski definition) is 0. The number of aliphatic imine (C=N–C) groups is 1. The monoisotopic (exact) mass is 371 g/mol. The smallest absolute Gasteiger partial charge is 0.363 e. The second-order valence-corrected chi connectivity index (χ2v) is 6.04. The lowest BCUT2D eigenvalue weighted by Crippen LogP contribution is -2.05. The second kappa shape index (κ2) is 8.06. The molecule has 134 valence electrons. The summed E-state index contributed by atoms with van der Waals surface area (Å²) in [4.78, 5) is 16.4. The van der Waals surface area contributed by atoms with Gasteiger partial charge in [-0.15, -0.1) is 0 Å². The normalized spacial score (nSPS) is 15.0. The van der Waals surface area contributed by atoms with Crippen LogP contribution >= 0.6 is 11.6 Å². The molecule has 0 radical (unpaired) electrons. The zero-order chi connectivity index (χ0) is 18.5. The number of cyclic esters (lactones) is 1. The molecule has 0 fully saturated rings. The lowest BCUT2D eigenvalue weighted by molar-refractivity contribution is -0.129. The molecule has 0 saturated carbocycles. The highest BCUT2D eigenvalue weighted by Crippen LogP contribution is 2.30. The summed E-state index contributed by atoms with van der Waals surface area (Å²) in [5, 5.41) is 0.604. The second-order valence-electron chi connectivity index (χ2n) is 5.60. The van der Waals surface area contributed by atoms with Gasteiger partial charge >= 0.3 is 5.97 Å². The third kappa shape index (κ3) is 4.06. The van der Waals surface area contributed by atoms with E-state index in [9.17, 15) is 4.79 Å². The summed E-state index contributed by atoms with van der Waals surface area (Å²) in [5.74, 6) is 1.02. The molecule has 0 unspecified atom stereocenters. The summed E-state index contributed by atoms with van der Waals surface area (Å²) in [5.41, 5.74) is 1.68. The van der Waals surface area contributed by atoms with Gasteiger partial charge in [-0.1, -0.05) is 24.6 Å². The zero-order valence-corrected chi connectivity index (χ0v) is 15.2. The maximum atomic E-state index is 12.1. The number of benzene rings is 2. The number of carbonyl (C=O) groups excluding carboxylic acids is 1. The van der Waals surface area contributed by atoms with Crippen molar-refractivity contribution in [2.24, 2.45) is 4.99 Å².